The number of nitriles is 1. The fourth-order valence-electron chi connectivity index (χ4n) is 7.25. The Balaban J connectivity index is 0.000000340. The predicted molar refractivity (Wildman–Crippen MR) is 229 cm³/mol. The number of hydrogen-bond donors (Lipinski definition) is 0. The van der Waals surface area contributed by atoms with Crippen LogP contribution >= 0.6 is 0 Å². The van der Waals surface area contributed by atoms with Crippen LogP contribution in [0, 0.1) is 49.4 Å². The van der Waals surface area contributed by atoms with Crippen LogP contribution in [0.15, 0.2) is 132 Å². The third-order valence-electron chi connectivity index (χ3n) is 10.5. The van der Waals surface area contributed by atoms with Crippen molar-refractivity contribution in [3.63, 3.8) is 0 Å². The van der Waals surface area contributed by atoms with E-state index in [4.69, 9.17) is 16.8 Å². The summed E-state index contributed by atoms with van der Waals surface area (Å²) in [6, 6.07) is 40.1. The van der Waals surface area contributed by atoms with Gasteiger partial charge in [0.15, 0.2) is 0 Å². The van der Waals surface area contributed by atoms with Crippen LogP contribution in [0.5, 0.6) is 0 Å². The number of fused-ring (bicyclic) bond motifs is 3. The first-order valence-corrected chi connectivity index (χ1v) is 18.5. The molecule has 1 aliphatic rings. The molecule has 3 aromatic heterocycles. The normalized spacial score (nSPS) is 17.7. The number of rotatable bonds is 5. The maximum Gasteiger partial charge on any atom is 0.128 e. The van der Waals surface area contributed by atoms with Crippen LogP contribution in [0.3, 0.4) is 0 Å². The summed E-state index contributed by atoms with van der Waals surface area (Å²) in [4.78, 5) is 8.67. The van der Waals surface area contributed by atoms with Gasteiger partial charge in [-0.3, -0.25) is 0 Å². The molecule has 0 unspecified atom stereocenters. The van der Waals surface area contributed by atoms with Crippen molar-refractivity contribution in [2.45, 2.75) is 66.0 Å². The third-order valence-corrected chi connectivity index (χ3v) is 10.5. The summed E-state index contributed by atoms with van der Waals surface area (Å²) >= 11 is 0. The summed E-state index contributed by atoms with van der Waals surface area (Å²) in [6.45, 7) is -3.14. The van der Waals surface area contributed by atoms with Gasteiger partial charge in [-0.25, -0.2) is 0 Å². The molecule has 1 saturated carbocycles. The maximum atomic E-state index is 9.32. The summed E-state index contributed by atoms with van der Waals surface area (Å²) in [7, 11) is 0. The van der Waals surface area contributed by atoms with E-state index >= 15 is 0 Å². The smallest absolute Gasteiger partial charge is 0.128 e. The fraction of sp³-hybridized carbons (Fsp3) is 0.212. The Hall–Kier alpha value is -5.66. The van der Waals surface area contributed by atoms with E-state index in [-0.39, 0.29) is 59.4 Å². The minimum atomic E-state index is -2.70. The summed E-state index contributed by atoms with van der Waals surface area (Å²) in [5.74, 6) is -1.05. The van der Waals surface area contributed by atoms with Gasteiger partial charge in [-0.1, -0.05) is 91.5 Å². The van der Waals surface area contributed by atoms with Crippen molar-refractivity contribution in [3.8, 4) is 50.8 Å². The maximum absolute atomic E-state index is 9.32. The minimum absolute atomic E-state index is 0. The van der Waals surface area contributed by atoms with Crippen LogP contribution in [0.4, 0.5) is 0 Å². The Labute approximate surface area is 365 Å². The Morgan fingerprint density at radius 2 is 1.58 bits per heavy atom. The zero-order chi connectivity index (χ0) is 48.1. The molecule has 5 aromatic carbocycles. The molecule has 1 radical (unpaired) electrons. The topological polar surface area (TPSA) is 62.7 Å². The molecular formula is C52H45IrN3O-2. The van der Waals surface area contributed by atoms with Gasteiger partial charge in [-0.05, 0) is 120 Å². The van der Waals surface area contributed by atoms with Gasteiger partial charge in [0.05, 0.1) is 18.6 Å². The molecule has 4 nitrogen and oxygen atoms in total. The van der Waals surface area contributed by atoms with Crippen molar-refractivity contribution in [3.05, 3.63) is 168 Å². The van der Waals surface area contributed by atoms with Gasteiger partial charge in [0.2, 0.25) is 0 Å². The molecule has 0 amide bonds. The van der Waals surface area contributed by atoms with Crippen LogP contribution in [0.2, 0.25) is 0 Å². The first kappa shape index (κ1) is 27.9. The summed E-state index contributed by atoms with van der Waals surface area (Å²) < 4.78 is 97.4. The van der Waals surface area contributed by atoms with E-state index in [0.717, 1.165) is 46.0 Å². The van der Waals surface area contributed by atoms with E-state index in [1.807, 2.05) is 54.6 Å². The average Bonchev–Trinajstić information content (AvgIpc) is 3.69. The molecule has 0 atom stereocenters. The monoisotopic (exact) mass is 931 g/mol. The van der Waals surface area contributed by atoms with E-state index in [1.165, 1.54) is 30.6 Å². The number of pyridine rings is 2. The van der Waals surface area contributed by atoms with E-state index in [2.05, 4.69) is 42.0 Å². The SMILES string of the molecule is [2H]C([2H])([2H])c1ccc(-c2[c-]cccc2)nc1.[2H]c1cc(C2([2H])CCC(C)(C)CC2)cc(C([2H])([2H])[2H])c1-c1cc(-c2[c-]ccc3c2oc2c(-c4ccc(C#N)cc4)cccc23)ncc1C([2H])([2H])[2H].[Ir]. The van der Waals surface area contributed by atoms with Crippen molar-refractivity contribution >= 4 is 21.9 Å². The average molecular weight is 931 g/mol. The van der Waals surface area contributed by atoms with Crippen LogP contribution in [0.25, 0.3) is 66.7 Å². The molecule has 285 valence electrons. The Morgan fingerprint density at radius 3 is 2.30 bits per heavy atom. The molecule has 0 spiro atoms. The molecule has 0 saturated heterocycles. The Morgan fingerprint density at radius 1 is 0.772 bits per heavy atom. The second-order valence-corrected chi connectivity index (χ2v) is 14.8. The number of furan rings is 1. The Kier molecular flexibility index (Phi) is 8.22. The third kappa shape index (κ3) is 8.40. The van der Waals surface area contributed by atoms with Gasteiger partial charge in [0.25, 0.3) is 0 Å². The quantitative estimate of drug-likeness (QED) is 0.161. The molecule has 1 fully saturated rings. The zero-order valence-electron chi connectivity index (χ0n) is 42.5. The van der Waals surface area contributed by atoms with Crippen LogP contribution in [-0.4, -0.2) is 9.97 Å². The van der Waals surface area contributed by atoms with Crippen LogP contribution < -0.4 is 0 Å². The van der Waals surface area contributed by atoms with Crippen molar-refractivity contribution in [1.82, 2.24) is 9.97 Å². The fourth-order valence-corrected chi connectivity index (χ4v) is 7.25. The van der Waals surface area contributed by atoms with Crippen LogP contribution in [-0.2, 0) is 20.1 Å². The van der Waals surface area contributed by atoms with Crippen molar-refractivity contribution in [2.24, 2.45) is 5.41 Å². The largest absolute Gasteiger partial charge is 0.500 e. The summed E-state index contributed by atoms with van der Waals surface area (Å²) in [5, 5.41) is 10.9. The number of aromatic nitrogens is 2. The number of aryl methyl sites for hydroxylation is 3. The zero-order valence-corrected chi connectivity index (χ0v) is 33.9. The molecule has 9 rings (SSSR count). The van der Waals surface area contributed by atoms with Crippen molar-refractivity contribution in [2.75, 3.05) is 0 Å². The van der Waals surface area contributed by atoms with Crippen LogP contribution in [0.1, 0.15) is 88.3 Å². The molecule has 3 heterocycles. The molecular weight excluding hydrogens is 875 g/mol. The van der Waals surface area contributed by atoms with Gasteiger partial charge < -0.3 is 14.4 Å². The molecule has 0 N–H and O–H groups in total. The van der Waals surface area contributed by atoms with Gasteiger partial charge in [0.1, 0.15) is 5.58 Å². The molecule has 8 aromatic rings. The first-order valence-electron chi connectivity index (χ1n) is 24.0. The second-order valence-electron chi connectivity index (χ2n) is 14.8. The molecule has 57 heavy (non-hydrogen) atoms. The van der Waals surface area contributed by atoms with Gasteiger partial charge >= 0.3 is 0 Å². The van der Waals surface area contributed by atoms with E-state index < -0.39 is 26.4 Å². The van der Waals surface area contributed by atoms with Crippen molar-refractivity contribution in [1.29, 1.82) is 5.26 Å². The predicted octanol–water partition coefficient (Wildman–Crippen LogP) is 13.8. The molecule has 5 heteroatoms. The number of hydrogen-bond acceptors (Lipinski definition) is 4. The number of para-hydroxylation sites is 1. The second kappa shape index (κ2) is 16.8. The molecule has 0 bridgehead atoms. The number of nitrogens with zero attached hydrogens (tertiary/aromatic N) is 3. The van der Waals surface area contributed by atoms with Gasteiger partial charge in [0, 0.05) is 57.2 Å². The first-order chi connectivity index (χ1) is 31.6. The summed E-state index contributed by atoms with van der Waals surface area (Å²) in [6.07, 6.45) is 5.27. The van der Waals surface area contributed by atoms with Gasteiger partial charge in [-0.15, -0.1) is 54.1 Å². The Bertz CT molecular complexity index is 3140. The molecule has 0 aliphatic heterocycles. The summed E-state index contributed by atoms with van der Waals surface area (Å²) in [5.41, 5.74) is 6.12. The van der Waals surface area contributed by atoms with E-state index in [1.54, 1.807) is 36.4 Å². The van der Waals surface area contributed by atoms with E-state index in [0.29, 0.717) is 46.4 Å². The number of benzene rings is 5. The van der Waals surface area contributed by atoms with Gasteiger partial charge in [-0.2, -0.15) is 5.26 Å². The molecule has 1 aliphatic carbocycles. The minimum Gasteiger partial charge on any atom is -0.500 e. The van der Waals surface area contributed by atoms with E-state index in [9.17, 15) is 8.00 Å². The standard InChI is InChI=1S/C40H35N2O.C12H10N.Ir/c1-25-21-30(28-17-19-40(3,4)20-18-28)15-16-31(25)36-22-37(42-24-26(36)2)35-10-6-9-34-33-8-5-7-32(38(33)43-39(34)35)29-13-11-27(23-41)12-14-29;1-10-7-8-12(13-9-10)11-5-3-2-4-6-11;/h5-9,11-16,21-22,24,28H,17-20H2,1-4H3;2-5,7-9H,1H3;/q2*-1;/i1D3,2D3,16D,28D;1D3;. The van der Waals surface area contributed by atoms with Crippen molar-refractivity contribution < 1.29 is 39.6 Å².